The molecule has 0 aliphatic heterocycles. The molecule has 0 saturated carbocycles. The minimum absolute atomic E-state index is 0.114. The molecular formula is C20H19N3O2. The molecular weight excluding hydrogens is 314 g/mol. The first-order chi connectivity index (χ1) is 12.1. The Balaban J connectivity index is 1.81. The molecule has 0 spiro atoms. The number of hydrogen-bond acceptors (Lipinski definition) is 3. The maximum Gasteiger partial charge on any atom is 0.273 e. The highest BCUT2D eigenvalue weighted by atomic mass is 16.3. The smallest absolute Gasteiger partial charge is 0.273 e. The molecule has 1 aromatic heterocycles. The fourth-order valence-corrected chi connectivity index (χ4v) is 2.78. The van der Waals surface area contributed by atoms with Gasteiger partial charge in [-0.05, 0) is 44.2 Å². The second-order valence-corrected chi connectivity index (χ2v) is 5.71. The van der Waals surface area contributed by atoms with Crippen molar-refractivity contribution < 1.29 is 9.90 Å². The Hall–Kier alpha value is -3.34. The lowest BCUT2D eigenvalue weighted by atomic mass is 10.2. The van der Waals surface area contributed by atoms with Gasteiger partial charge >= 0.3 is 0 Å². The summed E-state index contributed by atoms with van der Waals surface area (Å²) in [5.74, 6) is -0.176. The van der Waals surface area contributed by atoms with Gasteiger partial charge in [-0.25, -0.2) is 5.43 Å². The second kappa shape index (κ2) is 7.05. The number of aromatic hydroxyl groups is 1. The third kappa shape index (κ3) is 3.45. The van der Waals surface area contributed by atoms with E-state index in [0.29, 0.717) is 11.1 Å². The molecule has 5 heteroatoms. The summed E-state index contributed by atoms with van der Waals surface area (Å²) in [6.45, 7) is 3.86. The standard InChI is InChI=1S/C20H19N3O2/c1-14-12-18(15(2)23(14)17-9-4-3-5-10-17)20(25)22-21-13-16-8-6-7-11-19(16)24/h3-13,24H,1-2H3,(H,22,25)/b21-13+. The molecule has 0 radical (unpaired) electrons. The third-order valence-corrected chi connectivity index (χ3v) is 4.00. The summed E-state index contributed by atoms with van der Waals surface area (Å²) < 4.78 is 2.03. The average molecular weight is 333 g/mol. The van der Waals surface area contributed by atoms with Crippen LogP contribution in [0.1, 0.15) is 27.3 Å². The summed E-state index contributed by atoms with van der Waals surface area (Å²) in [7, 11) is 0. The fraction of sp³-hybridized carbons (Fsp3) is 0.100. The van der Waals surface area contributed by atoms with Gasteiger partial charge in [0.2, 0.25) is 0 Å². The highest BCUT2D eigenvalue weighted by Gasteiger charge is 2.16. The number of nitrogens with zero attached hydrogens (tertiary/aromatic N) is 2. The van der Waals surface area contributed by atoms with Gasteiger partial charge in [-0.2, -0.15) is 5.10 Å². The monoisotopic (exact) mass is 333 g/mol. The number of rotatable bonds is 4. The van der Waals surface area contributed by atoms with Crippen LogP contribution in [0, 0.1) is 13.8 Å². The number of amides is 1. The number of aryl methyl sites for hydroxylation is 1. The van der Waals surface area contributed by atoms with Gasteiger partial charge in [0.25, 0.3) is 5.91 Å². The first-order valence-corrected chi connectivity index (χ1v) is 7.93. The van der Waals surface area contributed by atoms with Crippen molar-refractivity contribution in [3.8, 4) is 11.4 Å². The van der Waals surface area contributed by atoms with E-state index in [1.165, 1.54) is 6.21 Å². The largest absolute Gasteiger partial charge is 0.507 e. The lowest BCUT2D eigenvalue weighted by molar-refractivity contribution is 0.0954. The Labute approximate surface area is 146 Å². The predicted octanol–water partition coefficient (Wildman–Crippen LogP) is 3.56. The molecule has 0 aliphatic rings. The molecule has 2 N–H and O–H groups in total. The van der Waals surface area contributed by atoms with Crippen molar-refractivity contribution in [2.24, 2.45) is 5.10 Å². The zero-order valence-corrected chi connectivity index (χ0v) is 14.1. The van der Waals surface area contributed by atoms with E-state index in [9.17, 15) is 9.90 Å². The van der Waals surface area contributed by atoms with Crippen molar-refractivity contribution in [1.82, 2.24) is 9.99 Å². The van der Waals surface area contributed by atoms with Crippen LogP contribution in [0.3, 0.4) is 0 Å². The molecule has 126 valence electrons. The molecule has 0 aliphatic carbocycles. The van der Waals surface area contributed by atoms with Crippen LogP contribution in [0.15, 0.2) is 65.8 Å². The molecule has 3 rings (SSSR count). The van der Waals surface area contributed by atoms with E-state index in [-0.39, 0.29) is 11.7 Å². The van der Waals surface area contributed by atoms with Gasteiger partial charge in [-0.15, -0.1) is 0 Å². The van der Waals surface area contributed by atoms with Crippen molar-refractivity contribution in [3.05, 3.63) is 83.2 Å². The number of phenolic OH excluding ortho intramolecular Hbond substituents is 1. The molecule has 0 saturated heterocycles. The number of benzene rings is 2. The van der Waals surface area contributed by atoms with E-state index >= 15 is 0 Å². The molecule has 0 atom stereocenters. The van der Waals surface area contributed by atoms with Crippen LogP contribution in [0.4, 0.5) is 0 Å². The van der Waals surface area contributed by atoms with Gasteiger partial charge in [0.15, 0.2) is 0 Å². The van der Waals surface area contributed by atoms with Gasteiger partial charge in [0.05, 0.1) is 11.8 Å². The van der Waals surface area contributed by atoms with Crippen molar-refractivity contribution in [1.29, 1.82) is 0 Å². The van der Waals surface area contributed by atoms with Gasteiger partial charge in [-0.1, -0.05) is 30.3 Å². The molecule has 5 nitrogen and oxygen atoms in total. The highest BCUT2D eigenvalue weighted by Crippen LogP contribution is 2.20. The van der Waals surface area contributed by atoms with Crippen LogP contribution in [0.5, 0.6) is 5.75 Å². The molecule has 0 unspecified atom stereocenters. The molecule has 25 heavy (non-hydrogen) atoms. The molecule has 0 fully saturated rings. The Morgan fingerprint density at radius 1 is 1.08 bits per heavy atom. The van der Waals surface area contributed by atoms with Crippen molar-refractivity contribution in [3.63, 3.8) is 0 Å². The second-order valence-electron chi connectivity index (χ2n) is 5.71. The number of para-hydroxylation sites is 2. The Morgan fingerprint density at radius 3 is 2.48 bits per heavy atom. The number of carbonyl (C=O) groups excluding carboxylic acids is 1. The zero-order valence-electron chi connectivity index (χ0n) is 14.1. The van der Waals surface area contributed by atoms with Crippen LogP contribution in [-0.4, -0.2) is 21.8 Å². The number of phenols is 1. The highest BCUT2D eigenvalue weighted by molar-refractivity contribution is 5.96. The molecule has 3 aromatic rings. The average Bonchev–Trinajstić information content (AvgIpc) is 2.92. The van der Waals surface area contributed by atoms with Crippen molar-refractivity contribution in [2.45, 2.75) is 13.8 Å². The van der Waals surface area contributed by atoms with Crippen LogP contribution >= 0.6 is 0 Å². The SMILES string of the molecule is Cc1cc(C(=O)N/N=C/c2ccccc2O)c(C)n1-c1ccccc1. The fourth-order valence-electron chi connectivity index (χ4n) is 2.78. The van der Waals surface area contributed by atoms with Crippen LogP contribution in [0.25, 0.3) is 5.69 Å². The minimum Gasteiger partial charge on any atom is -0.507 e. The number of hydrazone groups is 1. The summed E-state index contributed by atoms with van der Waals surface area (Å²) in [6.07, 6.45) is 1.42. The summed E-state index contributed by atoms with van der Waals surface area (Å²) in [5, 5.41) is 13.6. The number of carbonyl (C=O) groups is 1. The topological polar surface area (TPSA) is 66.6 Å². The maximum atomic E-state index is 12.4. The number of hydrogen-bond donors (Lipinski definition) is 2. The van der Waals surface area contributed by atoms with Crippen molar-refractivity contribution >= 4 is 12.1 Å². The van der Waals surface area contributed by atoms with Crippen LogP contribution < -0.4 is 5.43 Å². The van der Waals surface area contributed by atoms with Crippen molar-refractivity contribution in [2.75, 3.05) is 0 Å². The van der Waals surface area contributed by atoms with Gasteiger partial charge in [0.1, 0.15) is 5.75 Å². The summed E-state index contributed by atoms with van der Waals surface area (Å²) >= 11 is 0. The lowest BCUT2D eigenvalue weighted by Gasteiger charge is -2.09. The van der Waals surface area contributed by atoms with E-state index in [4.69, 9.17) is 0 Å². The summed E-state index contributed by atoms with van der Waals surface area (Å²) in [6, 6.07) is 18.5. The van der Waals surface area contributed by atoms with Crippen LogP contribution in [0.2, 0.25) is 0 Å². The van der Waals surface area contributed by atoms with Gasteiger partial charge in [-0.3, -0.25) is 4.79 Å². The predicted molar refractivity (Wildman–Crippen MR) is 98.4 cm³/mol. The number of aromatic nitrogens is 1. The summed E-state index contributed by atoms with van der Waals surface area (Å²) in [4.78, 5) is 12.4. The maximum absolute atomic E-state index is 12.4. The Kier molecular flexibility index (Phi) is 4.66. The molecule has 2 aromatic carbocycles. The normalized spacial score (nSPS) is 11.0. The Morgan fingerprint density at radius 2 is 1.76 bits per heavy atom. The quantitative estimate of drug-likeness (QED) is 0.566. The van der Waals surface area contributed by atoms with Crippen LogP contribution in [-0.2, 0) is 0 Å². The van der Waals surface area contributed by atoms with E-state index in [1.54, 1.807) is 24.3 Å². The van der Waals surface area contributed by atoms with E-state index in [2.05, 4.69) is 10.5 Å². The number of nitrogens with one attached hydrogen (secondary N) is 1. The summed E-state index contributed by atoms with van der Waals surface area (Å²) in [5.41, 5.74) is 6.44. The zero-order chi connectivity index (χ0) is 17.8. The van der Waals surface area contributed by atoms with E-state index in [1.807, 2.05) is 54.8 Å². The third-order valence-electron chi connectivity index (χ3n) is 4.00. The first kappa shape index (κ1) is 16.5. The lowest BCUT2D eigenvalue weighted by Crippen LogP contribution is -2.18. The molecule has 0 bridgehead atoms. The minimum atomic E-state index is -0.290. The first-order valence-electron chi connectivity index (χ1n) is 7.93. The molecule has 1 amide bonds. The van der Waals surface area contributed by atoms with E-state index < -0.39 is 0 Å². The molecule has 1 heterocycles. The Bertz CT molecular complexity index is 927. The van der Waals surface area contributed by atoms with Gasteiger partial charge in [0, 0.05) is 22.6 Å². The van der Waals surface area contributed by atoms with Gasteiger partial charge < -0.3 is 9.67 Å². The van der Waals surface area contributed by atoms with E-state index in [0.717, 1.165) is 17.1 Å².